The van der Waals surface area contributed by atoms with Gasteiger partial charge in [-0.1, -0.05) is 12.1 Å². The number of benzene rings is 1. The van der Waals surface area contributed by atoms with E-state index in [1.807, 2.05) is 51.9 Å². The van der Waals surface area contributed by atoms with E-state index in [2.05, 4.69) is 15.7 Å². The third-order valence-corrected chi connectivity index (χ3v) is 4.67. The number of nitrogens with zero attached hydrogens (tertiary/aromatic N) is 3. The Labute approximate surface area is 154 Å². The number of carbonyl (C=O) groups excluding carboxylic acids is 2. The van der Waals surface area contributed by atoms with Crippen molar-refractivity contribution in [3.63, 3.8) is 0 Å². The van der Waals surface area contributed by atoms with Gasteiger partial charge in [-0.25, -0.2) is 0 Å². The predicted molar refractivity (Wildman–Crippen MR) is 102 cm³/mol. The van der Waals surface area contributed by atoms with Gasteiger partial charge in [-0.2, -0.15) is 5.10 Å². The minimum absolute atomic E-state index is 0.0753. The van der Waals surface area contributed by atoms with Crippen molar-refractivity contribution in [2.75, 3.05) is 19.4 Å². The van der Waals surface area contributed by atoms with Crippen molar-refractivity contribution in [2.45, 2.75) is 33.4 Å². The zero-order valence-corrected chi connectivity index (χ0v) is 16.3. The van der Waals surface area contributed by atoms with Gasteiger partial charge in [0.1, 0.15) is 0 Å². The molecule has 2 rings (SSSR count). The van der Waals surface area contributed by atoms with E-state index in [0.29, 0.717) is 12.1 Å². The lowest BCUT2D eigenvalue weighted by molar-refractivity contribution is -0.120. The minimum Gasteiger partial charge on any atom is -0.355 e. The van der Waals surface area contributed by atoms with Gasteiger partial charge in [-0.3, -0.25) is 19.2 Å². The van der Waals surface area contributed by atoms with Crippen LogP contribution in [0.25, 0.3) is 0 Å². The number of likely N-dealkylation sites (N-methyl/N-ethyl adjacent to an activating group) is 1. The predicted octanol–water partition coefficient (Wildman–Crippen LogP) is 1.86. The highest BCUT2D eigenvalue weighted by Gasteiger charge is 2.21. The number of rotatable bonds is 6. The molecule has 1 aromatic heterocycles. The lowest BCUT2D eigenvalue weighted by atomic mass is 10.1. The Balaban J connectivity index is 2.01. The summed E-state index contributed by atoms with van der Waals surface area (Å²) in [5.74, 6) is -0.187. The molecule has 0 fully saturated rings. The smallest absolute Gasteiger partial charge is 0.251 e. The van der Waals surface area contributed by atoms with Gasteiger partial charge in [-0.15, -0.1) is 0 Å². The molecule has 2 aromatic rings. The molecule has 2 N–H and O–H groups in total. The van der Waals surface area contributed by atoms with E-state index in [9.17, 15) is 9.59 Å². The van der Waals surface area contributed by atoms with Crippen LogP contribution in [-0.2, 0) is 18.4 Å². The molecular weight excluding hydrogens is 330 g/mol. The Morgan fingerprint density at radius 3 is 2.35 bits per heavy atom. The van der Waals surface area contributed by atoms with Crippen LogP contribution in [0.2, 0.25) is 0 Å². The summed E-state index contributed by atoms with van der Waals surface area (Å²) >= 11 is 0. The largest absolute Gasteiger partial charge is 0.355 e. The molecule has 0 aliphatic heterocycles. The molecule has 0 radical (unpaired) electrons. The maximum Gasteiger partial charge on any atom is 0.251 e. The molecule has 0 bridgehead atoms. The number of hydrogen-bond donors (Lipinski definition) is 2. The SMILES string of the molecule is CNC(=O)c1ccc(CN(C)C(C)C(=O)Nc2c(C)nn(C)c2C)cc1. The first-order valence-corrected chi connectivity index (χ1v) is 8.57. The van der Waals surface area contributed by atoms with Crippen molar-refractivity contribution >= 4 is 17.5 Å². The second-order valence-corrected chi connectivity index (χ2v) is 6.53. The highest BCUT2D eigenvalue weighted by molar-refractivity contribution is 5.95. The van der Waals surface area contributed by atoms with E-state index in [0.717, 1.165) is 22.6 Å². The van der Waals surface area contributed by atoms with Gasteiger partial charge in [0.2, 0.25) is 5.91 Å². The number of aromatic nitrogens is 2. The maximum atomic E-state index is 12.6. The van der Waals surface area contributed by atoms with Crippen LogP contribution in [0.5, 0.6) is 0 Å². The topological polar surface area (TPSA) is 79.3 Å². The van der Waals surface area contributed by atoms with E-state index in [1.54, 1.807) is 23.9 Å². The van der Waals surface area contributed by atoms with Gasteiger partial charge >= 0.3 is 0 Å². The maximum absolute atomic E-state index is 12.6. The first-order chi connectivity index (χ1) is 12.2. The van der Waals surface area contributed by atoms with Gasteiger partial charge in [0.05, 0.1) is 23.1 Å². The van der Waals surface area contributed by atoms with E-state index < -0.39 is 0 Å². The summed E-state index contributed by atoms with van der Waals surface area (Å²) < 4.78 is 1.76. The highest BCUT2D eigenvalue weighted by atomic mass is 16.2. The van der Waals surface area contributed by atoms with Crippen molar-refractivity contribution in [1.82, 2.24) is 20.0 Å². The molecule has 0 aliphatic carbocycles. The molecule has 7 heteroatoms. The third kappa shape index (κ3) is 4.29. The summed E-state index contributed by atoms with van der Waals surface area (Å²) in [6.45, 7) is 6.28. The molecule has 1 atom stereocenters. The van der Waals surface area contributed by atoms with Crippen LogP contribution in [0.4, 0.5) is 5.69 Å². The monoisotopic (exact) mass is 357 g/mol. The van der Waals surface area contributed by atoms with Gasteiger partial charge in [0.25, 0.3) is 5.91 Å². The second-order valence-electron chi connectivity index (χ2n) is 6.53. The molecule has 1 aromatic carbocycles. The Hall–Kier alpha value is -2.67. The molecule has 1 unspecified atom stereocenters. The Morgan fingerprint density at radius 2 is 1.85 bits per heavy atom. The molecule has 0 saturated heterocycles. The van der Waals surface area contributed by atoms with Gasteiger partial charge < -0.3 is 10.6 Å². The Kier molecular flexibility index (Phi) is 6.15. The molecule has 7 nitrogen and oxygen atoms in total. The van der Waals surface area contributed by atoms with Crippen LogP contribution >= 0.6 is 0 Å². The Bertz CT molecular complexity index is 795. The van der Waals surface area contributed by atoms with E-state index in [4.69, 9.17) is 0 Å². The van der Waals surface area contributed by atoms with Gasteiger partial charge in [-0.05, 0) is 45.5 Å². The fourth-order valence-electron chi connectivity index (χ4n) is 2.71. The lowest BCUT2D eigenvalue weighted by Gasteiger charge is -2.24. The van der Waals surface area contributed by atoms with E-state index in [-0.39, 0.29) is 17.9 Å². The zero-order valence-electron chi connectivity index (χ0n) is 16.3. The van der Waals surface area contributed by atoms with Crippen LogP contribution in [-0.4, -0.2) is 46.6 Å². The summed E-state index contributed by atoms with van der Waals surface area (Å²) in [5, 5.41) is 9.90. The van der Waals surface area contributed by atoms with Crippen LogP contribution in [0, 0.1) is 13.8 Å². The lowest BCUT2D eigenvalue weighted by Crippen LogP contribution is -2.39. The number of amides is 2. The zero-order chi connectivity index (χ0) is 19.4. The fourth-order valence-corrected chi connectivity index (χ4v) is 2.71. The highest BCUT2D eigenvalue weighted by Crippen LogP contribution is 2.19. The quantitative estimate of drug-likeness (QED) is 0.827. The fraction of sp³-hybridized carbons (Fsp3) is 0.421. The molecule has 0 spiro atoms. The molecule has 140 valence electrons. The second kappa shape index (κ2) is 8.14. The first-order valence-electron chi connectivity index (χ1n) is 8.57. The minimum atomic E-state index is -0.312. The molecule has 1 heterocycles. The van der Waals surface area contributed by atoms with Crippen molar-refractivity contribution in [1.29, 1.82) is 0 Å². The average molecular weight is 357 g/mol. The summed E-state index contributed by atoms with van der Waals surface area (Å²) in [5.41, 5.74) is 4.15. The normalized spacial score (nSPS) is 12.1. The third-order valence-electron chi connectivity index (χ3n) is 4.67. The molecule has 2 amide bonds. The summed E-state index contributed by atoms with van der Waals surface area (Å²) in [6, 6.07) is 7.07. The van der Waals surface area contributed by atoms with Crippen molar-refractivity contribution in [2.24, 2.45) is 7.05 Å². The number of aryl methyl sites for hydroxylation is 2. The first kappa shape index (κ1) is 19.7. The van der Waals surface area contributed by atoms with Crippen molar-refractivity contribution in [3.05, 3.63) is 46.8 Å². The van der Waals surface area contributed by atoms with E-state index in [1.165, 1.54) is 0 Å². The molecule has 0 aliphatic rings. The molecule has 0 saturated carbocycles. The van der Waals surface area contributed by atoms with Crippen LogP contribution in [0.1, 0.15) is 34.2 Å². The van der Waals surface area contributed by atoms with Gasteiger partial charge in [0, 0.05) is 26.2 Å². The summed E-state index contributed by atoms with van der Waals surface area (Å²) in [7, 11) is 5.37. The molecule has 26 heavy (non-hydrogen) atoms. The number of nitrogens with one attached hydrogen (secondary N) is 2. The number of hydrogen-bond acceptors (Lipinski definition) is 4. The van der Waals surface area contributed by atoms with Crippen LogP contribution in [0.15, 0.2) is 24.3 Å². The van der Waals surface area contributed by atoms with E-state index >= 15 is 0 Å². The average Bonchev–Trinajstić information content (AvgIpc) is 2.87. The molecular formula is C19H27N5O2. The number of anilines is 1. The van der Waals surface area contributed by atoms with Gasteiger partial charge in [0.15, 0.2) is 0 Å². The van der Waals surface area contributed by atoms with Crippen molar-refractivity contribution < 1.29 is 9.59 Å². The summed E-state index contributed by atoms with van der Waals surface area (Å²) in [4.78, 5) is 26.2. The summed E-state index contributed by atoms with van der Waals surface area (Å²) in [6.07, 6.45) is 0. The van der Waals surface area contributed by atoms with Crippen LogP contribution < -0.4 is 10.6 Å². The standard InChI is InChI=1S/C19H27N5O2/c1-12-17(13(2)24(6)22-12)21-18(25)14(3)23(5)11-15-7-9-16(10-8-15)19(26)20-4/h7-10,14H,11H2,1-6H3,(H,20,26)(H,21,25). The Morgan fingerprint density at radius 1 is 1.23 bits per heavy atom. The number of carbonyl (C=O) groups is 2. The van der Waals surface area contributed by atoms with Crippen LogP contribution in [0.3, 0.4) is 0 Å². The van der Waals surface area contributed by atoms with Crippen molar-refractivity contribution in [3.8, 4) is 0 Å².